The Morgan fingerprint density at radius 2 is 2.05 bits per heavy atom. The number of benzene rings is 1. The standard InChI is InChI=1S/C14H15F2NO3/c1-7-2-5-9(15)12(13(7)16)14(20)17-10(6-11(18)19)8-3-4-8/h2,5,8,10H,3-4,6H2,1H3,(H,17,20)(H,18,19). The third-order valence-electron chi connectivity index (χ3n) is 3.41. The molecular weight excluding hydrogens is 268 g/mol. The predicted molar refractivity (Wildman–Crippen MR) is 67.3 cm³/mol. The van der Waals surface area contributed by atoms with Gasteiger partial charge in [-0.2, -0.15) is 0 Å². The van der Waals surface area contributed by atoms with Gasteiger partial charge < -0.3 is 10.4 Å². The lowest BCUT2D eigenvalue weighted by Crippen LogP contribution is -2.39. The minimum atomic E-state index is -1.05. The van der Waals surface area contributed by atoms with Crippen LogP contribution in [0, 0.1) is 24.5 Å². The van der Waals surface area contributed by atoms with Crippen LogP contribution in [0.5, 0.6) is 0 Å². The van der Waals surface area contributed by atoms with Gasteiger partial charge in [-0.15, -0.1) is 0 Å². The molecule has 0 aromatic heterocycles. The van der Waals surface area contributed by atoms with Crippen molar-refractivity contribution < 1.29 is 23.5 Å². The van der Waals surface area contributed by atoms with E-state index in [1.165, 1.54) is 13.0 Å². The predicted octanol–water partition coefficient (Wildman–Crippen LogP) is 2.26. The normalized spacial score (nSPS) is 15.8. The zero-order chi connectivity index (χ0) is 14.9. The van der Waals surface area contributed by atoms with Crippen LogP contribution in [0.3, 0.4) is 0 Å². The third kappa shape index (κ3) is 3.12. The van der Waals surface area contributed by atoms with Crippen molar-refractivity contribution in [3.63, 3.8) is 0 Å². The Morgan fingerprint density at radius 3 is 2.60 bits per heavy atom. The number of rotatable bonds is 5. The maximum absolute atomic E-state index is 13.8. The van der Waals surface area contributed by atoms with E-state index in [0.717, 1.165) is 18.9 Å². The van der Waals surface area contributed by atoms with Crippen LogP contribution in [0.4, 0.5) is 8.78 Å². The Balaban J connectivity index is 2.18. The van der Waals surface area contributed by atoms with Gasteiger partial charge in [-0.3, -0.25) is 9.59 Å². The van der Waals surface area contributed by atoms with E-state index >= 15 is 0 Å². The second-order valence-electron chi connectivity index (χ2n) is 5.07. The maximum Gasteiger partial charge on any atom is 0.305 e. The Bertz CT molecular complexity index is 556. The van der Waals surface area contributed by atoms with Crippen LogP contribution in [0.25, 0.3) is 0 Å². The van der Waals surface area contributed by atoms with Crippen molar-refractivity contribution in [1.82, 2.24) is 5.32 Å². The van der Waals surface area contributed by atoms with Crippen LogP contribution in [-0.2, 0) is 4.79 Å². The number of amides is 1. The lowest BCUT2D eigenvalue weighted by Gasteiger charge is -2.17. The summed E-state index contributed by atoms with van der Waals surface area (Å²) in [5, 5.41) is 11.2. The smallest absolute Gasteiger partial charge is 0.305 e. The van der Waals surface area contributed by atoms with E-state index in [0.29, 0.717) is 0 Å². The first kappa shape index (κ1) is 14.4. The zero-order valence-electron chi connectivity index (χ0n) is 11.0. The quantitative estimate of drug-likeness (QED) is 0.871. The first-order valence-corrected chi connectivity index (χ1v) is 6.37. The van der Waals surface area contributed by atoms with Crippen molar-refractivity contribution in [1.29, 1.82) is 0 Å². The molecule has 1 aliphatic carbocycles. The zero-order valence-corrected chi connectivity index (χ0v) is 11.0. The fourth-order valence-electron chi connectivity index (χ4n) is 2.13. The summed E-state index contributed by atoms with van der Waals surface area (Å²) in [6.07, 6.45) is 1.39. The van der Waals surface area contributed by atoms with Crippen LogP contribution >= 0.6 is 0 Å². The first-order valence-electron chi connectivity index (χ1n) is 6.37. The number of aliphatic carboxylic acids is 1. The summed E-state index contributed by atoms with van der Waals surface area (Å²) in [5.41, 5.74) is -0.487. The van der Waals surface area contributed by atoms with Gasteiger partial charge in [0.1, 0.15) is 17.2 Å². The highest BCUT2D eigenvalue weighted by molar-refractivity contribution is 5.95. The lowest BCUT2D eigenvalue weighted by atomic mass is 10.1. The van der Waals surface area contributed by atoms with E-state index in [-0.39, 0.29) is 17.9 Å². The highest BCUT2D eigenvalue weighted by Gasteiger charge is 2.34. The number of carbonyl (C=O) groups excluding carboxylic acids is 1. The summed E-state index contributed by atoms with van der Waals surface area (Å²) in [5.74, 6) is -3.73. The third-order valence-corrected chi connectivity index (χ3v) is 3.41. The SMILES string of the molecule is Cc1ccc(F)c(C(=O)NC(CC(=O)O)C2CC2)c1F. The molecule has 1 saturated carbocycles. The summed E-state index contributed by atoms with van der Waals surface area (Å²) < 4.78 is 27.4. The first-order chi connectivity index (χ1) is 9.40. The highest BCUT2D eigenvalue weighted by Crippen LogP contribution is 2.34. The minimum Gasteiger partial charge on any atom is -0.481 e. The number of halogens is 2. The van der Waals surface area contributed by atoms with Crippen molar-refractivity contribution in [2.45, 2.75) is 32.2 Å². The number of hydrogen-bond donors (Lipinski definition) is 2. The fraction of sp³-hybridized carbons (Fsp3) is 0.429. The van der Waals surface area contributed by atoms with Gasteiger partial charge in [0.05, 0.1) is 6.42 Å². The molecule has 2 rings (SSSR count). The molecule has 1 unspecified atom stereocenters. The van der Waals surface area contributed by atoms with E-state index in [1.807, 2.05) is 0 Å². The molecule has 0 spiro atoms. The van der Waals surface area contributed by atoms with Crippen LogP contribution in [-0.4, -0.2) is 23.0 Å². The van der Waals surface area contributed by atoms with Gasteiger partial charge in [-0.25, -0.2) is 8.78 Å². The highest BCUT2D eigenvalue weighted by atomic mass is 19.1. The second-order valence-corrected chi connectivity index (χ2v) is 5.07. The summed E-state index contributed by atoms with van der Waals surface area (Å²) in [7, 11) is 0. The number of aryl methyl sites for hydroxylation is 1. The number of carbonyl (C=O) groups is 2. The van der Waals surface area contributed by atoms with Gasteiger partial charge in [0.15, 0.2) is 0 Å². The number of carboxylic acids is 1. The molecule has 2 N–H and O–H groups in total. The fourth-order valence-corrected chi connectivity index (χ4v) is 2.13. The Hall–Kier alpha value is -1.98. The summed E-state index contributed by atoms with van der Waals surface area (Å²) in [4.78, 5) is 22.7. The van der Waals surface area contributed by atoms with E-state index in [1.54, 1.807) is 0 Å². The van der Waals surface area contributed by atoms with Crippen LogP contribution in [0.1, 0.15) is 35.2 Å². The minimum absolute atomic E-state index is 0.0750. The Kier molecular flexibility index (Phi) is 4.01. The Morgan fingerprint density at radius 1 is 1.40 bits per heavy atom. The summed E-state index contributed by atoms with van der Waals surface area (Å²) in [6.45, 7) is 1.43. The molecule has 0 heterocycles. The molecule has 1 aliphatic rings. The van der Waals surface area contributed by atoms with Crippen molar-refractivity contribution in [3.05, 3.63) is 34.9 Å². The largest absolute Gasteiger partial charge is 0.481 e. The van der Waals surface area contributed by atoms with Gasteiger partial charge in [-0.05, 0) is 37.3 Å². The number of carboxylic acid groups (broad SMARTS) is 1. The second kappa shape index (κ2) is 5.56. The molecule has 6 heteroatoms. The van der Waals surface area contributed by atoms with Crippen LogP contribution in [0.2, 0.25) is 0 Å². The topological polar surface area (TPSA) is 66.4 Å². The molecule has 108 valence electrons. The molecule has 0 bridgehead atoms. The maximum atomic E-state index is 13.8. The van der Waals surface area contributed by atoms with Gasteiger partial charge in [0.25, 0.3) is 5.91 Å². The molecule has 1 atom stereocenters. The molecule has 4 nitrogen and oxygen atoms in total. The van der Waals surface area contributed by atoms with E-state index in [4.69, 9.17) is 5.11 Å². The van der Waals surface area contributed by atoms with Crippen molar-refractivity contribution in [2.75, 3.05) is 0 Å². The van der Waals surface area contributed by atoms with Gasteiger partial charge in [0.2, 0.25) is 0 Å². The average molecular weight is 283 g/mol. The lowest BCUT2D eigenvalue weighted by molar-refractivity contribution is -0.137. The number of nitrogens with one attached hydrogen (secondary N) is 1. The molecule has 0 aliphatic heterocycles. The molecule has 0 radical (unpaired) electrons. The van der Waals surface area contributed by atoms with Crippen molar-refractivity contribution in [2.24, 2.45) is 5.92 Å². The summed E-state index contributed by atoms with van der Waals surface area (Å²) >= 11 is 0. The van der Waals surface area contributed by atoms with Gasteiger partial charge >= 0.3 is 5.97 Å². The van der Waals surface area contributed by atoms with E-state index in [9.17, 15) is 18.4 Å². The van der Waals surface area contributed by atoms with Crippen molar-refractivity contribution >= 4 is 11.9 Å². The molecular formula is C14H15F2NO3. The summed E-state index contributed by atoms with van der Waals surface area (Å²) in [6, 6.07) is 1.69. The van der Waals surface area contributed by atoms with Crippen molar-refractivity contribution in [3.8, 4) is 0 Å². The molecule has 1 fully saturated rings. The molecule has 1 amide bonds. The molecule has 1 aromatic carbocycles. The molecule has 0 saturated heterocycles. The van der Waals surface area contributed by atoms with Crippen LogP contribution in [0.15, 0.2) is 12.1 Å². The van der Waals surface area contributed by atoms with E-state index in [2.05, 4.69) is 5.32 Å². The Labute approximate surface area is 114 Å². The number of hydrogen-bond acceptors (Lipinski definition) is 2. The van der Waals surface area contributed by atoms with E-state index < -0.39 is 35.1 Å². The molecule has 1 aromatic rings. The average Bonchev–Trinajstić information content (AvgIpc) is 3.17. The monoisotopic (exact) mass is 283 g/mol. The van der Waals surface area contributed by atoms with Crippen LogP contribution < -0.4 is 5.32 Å². The molecule has 20 heavy (non-hydrogen) atoms. The van der Waals surface area contributed by atoms with Gasteiger partial charge in [0, 0.05) is 6.04 Å². The van der Waals surface area contributed by atoms with Gasteiger partial charge in [-0.1, -0.05) is 6.07 Å².